The fourth-order valence-electron chi connectivity index (χ4n) is 3.58. The van der Waals surface area contributed by atoms with E-state index in [0.29, 0.717) is 18.8 Å². The van der Waals surface area contributed by atoms with Crippen LogP contribution >= 0.6 is 0 Å². The molecule has 0 amide bonds. The van der Waals surface area contributed by atoms with Crippen molar-refractivity contribution in [3.05, 3.63) is 65.7 Å². The van der Waals surface area contributed by atoms with E-state index in [1.165, 1.54) is 0 Å². The molecule has 150 valence electrons. The van der Waals surface area contributed by atoms with E-state index in [2.05, 4.69) is 4.40 Å². The zero-order valence-electron chi connectivity index (χ0n) is 16.8. The van der Waals surface area contributed by atoms with Gasteiger partial charge in [-0.2, -0.15) is 8.42 Å². The Morgan fingerprint density at radius 3 is 2.25 bits per heavy atom. The molecule has 2 aromatic carbocycles. The molecule has 0 bridgehead atoms. The lowest BCUT2D eigenvalue weighted by Crippen LogP contribution is -2.44. The molecule has 2 aromatic rings. The standard InChI is InChI=1S/C22H28N2O3S/c1-16-10-12-18(13-11-16)28(26,27)23-21-19(14-15-24(21)22(2,3)4)20(25)17-8-6-5-7-9-17/h5-13,19-20,25H,14-15H2,1-4H3/b23-21+/t19-,20-/m0/s1. The molecular formula is C22H28N2O3S. The molecule has 5 nitrogen and oxygen atoms in total. The summed E-state index contributed by atoms with van der Waals surface area (Å²) in [5, 5.41) is 11.0. The number of sulfonamides is 1. The first-order valence-electron chi connectivity index (χ1n) is 9.52. The highest BCUT2D eigenvalue weighted by atomic mass is 32.2. The highest BCUT2D eigenvalue weighted by Gasteiger charge is 2.41. The number of rotatable bonds is 4. The molecule has 6 heteroatoms. The quantitative estimate of drug-likeness (QED) is 0.844. The number of aryl methyl sites for hydroxylation is 1. The van der Waals surface area contributed by atoms with Crippen molar-refractivity contribution in [1.29, 1.82) is 0 Å². The molecule has 1 fully saturated rings. The molecule has 0 aliphatic carbocycles. The van der Waals surface area contributed by atoms with E-state index < -0.39 is 16.1 Å². The largest absolute Gasteiger partial charge is 0.388 e. The van der Waals surface area contributed by atoms with Crippen molar-refractivity contribution in [2.24, 2.45) is 10.3 Å². The van der Waals surface area contributed by atoms with Crippen LogP contribution in [0.4, 0.5) is 0 Å². The molecule has 0 spiro atoms. The Balaban J connectivity index is 2.04. The summed E-state index contributed by atoms with van der Waals surface area (Å²) in [6.45, 7) is 8.64. The van der Waals surface area contributed by atoms with Crippen LogP contribution in [0.3, 0.4) is 0 Å². The fourth-order valence-corrected chi connectivity index (χ4v) is 4.64. The highest BCUT2D eigenvalue weighted by Crippen LogP contribution is 2.36. The molecule has 0 aromatic heterocycles. The van der Waals surface area contributed by atoms with Crippen molar-refractivity contribution in [2.45, 2.75) is 50.7 Å². The first kappa shape index (κ1) is 20.6. The second-order valence-electron chi connectivity index (χ2n) is 8.31. The van der Waals surface area contributed by atoms with Gasteiger partial charge < -0.3 is 10.0 Å². The third kappa shape index (κ3) is 4.28. The van der Waals surface area contributed by atoms with Gasteiger partial charge in [-0.3, -0.25) is 0 Å². The zero-order chi connectivity index (χ0) is 20.5. The lowest BCUT2D eigenvalue weighted by molar-refractivity contribution is 0.141. The van der Waals surface area contributed by atoms with Crippen LogP contribution in [-0.4, -0.2) is 36.3 Å². The van der Waals surface area contributed by atoms with E-state index in [9.17, 15) is 13.5 Å². The van der Waals surface area contributed by atoms with E-state index in [1.807, 2.05) is 62.9 Å². The van der Waals surface area contributed by atoms with Crippen LogP contribution in [0, 0.1) is 12.8 Å². The molecule has 3 rings (SSSR count). The number of amidine groups is 1. The molecule has 1 N–H and O–H groups in total. The van der Waals surface area contributed by atoms with Crippen LogP contribution < -0.4 is 0 Å². The zero-order valence-corrected chi connectivity index (χ0v) is 17.6. The first-order chi connectivity index (χ1) is 13.1. The Kier molecular flexibility index (Phi) is 5.64. The maximum atomic E-state index is 13.0. The lowest BCUT2D eigenvalue weighted by Gasteiger charge is -2.35. The third-order valence-corrected chi connectivity index (χ3v) is 6.43. The van der Waals surface area contributed by atoms with Gasteiger partial charge in [0.15, 0.2) is 0 Å². The summed E-state index contributed by atoms with van der Waals surface area (Å²) in [5.41, 5.74) is 1.46. The van der Waals surface area contributed by atoms with Gasteiger partial charge in [-0.15, -0.1) is 4.40 Å². The number of nitrogens with zero attached hydrogens (tertiary/aromatic N) is 2. The molecule has 0 radical (unpaired) electrons. The van der Waals surface area contributed by atoms with Crippen LogP contribution in [-0.2, 0) is 10.0 Å². The summed E-state index contributed by atoms with van der Waals surface area (Å²) in [5.74, 6) is 0.0614. The lowest BCUT2D eigenvalue weighted by atomic mass is 9.94. The van der Waals surface area contributed by atoms with E-state index in [4.69, 9.17) is 0 Å². The molecule has 1 heterocycles. The smallest absolute Gasteiger partial charge is 0.283 e. The van der Waals surface area contributed by atoms with Gasteiger partial charge in [0.05, 0.1) is 11.0 Å². The van der Waals surface area contributed by atoms with Gasteiger partial charge in [0.2, 0.25) is 0 Å². The second-order valence-corrected chi connectivity index (χ2v) is 9.91. The number of hydrogen-bond acceptors (Lipinski definition) is 3. The minimum Gasteiger partial charge on any atom is -0.388 e. The summed E-state index contributed by atoms with van der Waals surface area (Å²) in [6.07, 6.45) is -0.157. The van der Waals surface area contributed by atoms with E-state index in [-0.39, 0.29) is 16.4 Å². The van der Waals surface area contributed by atoms with E-state index >= 15 is 0 Å². The molecule has 1 aliphatic rings. The predicted molar refractivity (Wildman–Crippen MR) is 112 cm³/mol. The van der Waals surface area contributed by atoms with Gasteiger partial charge in [0.25, 0.3) is 10.0 Å². The van der Waals surface area contributed by atoms with Crippen LogP contribution in [0.15, 0.2) is 63.9 Å². The number of aliphatic hydroxyl groups excluding tert-OH is 1. The average molecular weight is 401 g/mol. The Morgan fingerprint density at radius 1 is 1.07 bits per heavy atom. The van der Waals surface area contributed by atoms with Crippen molar-refractivity contribution in [2.75, 3.05) is 6.54 Å². The van der Waals surface area contributed by atoms with Crippen molar-refractivity contribution in [3.63, 3.8) is 0 Å². The molecule has 2 atom stereocenters. The van der Waals surface area contributed by atoms with E-state index in [1.54, 1.807) is 24.3 Å². The summed E-state index contributed by atoms with van der Waals surface area (Å²) < 4.78 is 30.2. The monoisotopic (exact) mass is 400 g/mol. The number of likely N-dealkylation sites (tertiary alicyclic amines) is 1. The van der Waals surface area contributed by atoms with E-state index in [0.717, 1.165) is 11.1 Å². The Hall–Kier alpha value is -2.18. The molecular weight excluding hydrogens is 372 g/mol. The Morgan fingerprint density at radius 2 is 1.68 bits per heavy atom. The van der Waals surface area contributed by atoms with Gasteiger partial charge in [-0.1, -0.05) is 48.0 Å². The molecule has 28 heavy (non-hydrogen) atoms. The normalized spacial score (nSPS) is 20.5. The molecule has 1 saturated heterocycles. The molecule has 1 aliphatic heterocycles. The summed E-state index contributed by atoms with van der Waals surface area (Å²) >= 11 is 0. The first-order valence-corrected chi connectivity index (χ1v) is 11.0. The maximum absolute atomic E-state index is 13.0. The van der Waals surface area contributed by atoms with Crippen molar-refractivity contribution in [3.8, 4) is 0 Å². The SMILES string of the molecule is Cc1ccc(S(=O)(=O)/N=C2\[C@H]([C@@H](O)c3ccccc3)CCN2C(C)(C)C)cc1. The minimum atomic E-state index is -3.87. The van der Waals surface area contributed by atoms with Gasteiger partial charge in [0.1, 0.15) is 5.84 Å². The third-order valence-electron chi connectivity index (χ3n) is 5.14. The van der Waals surface area contributed by atoms with Gasteiger partial charge in [-0.05, 0) is 51.8 Å². The van der Waals surface area contributed by atoms with Crippen molar-refractivity contribution < 1.29 is 13.5 Å². The number of hydrogen-bond donors (Lipinski definition) is 1. The van der Waals surface area contributed by atoms with Gasteiger partial charge in [-0.25, -0.2) is 0 Å². The predicted octanol–water partition coefficient (Wildman–Crippen LogP) is 3.94. The van der Waals surface area contributed by atoms with Gasteiger partial charge >= 0.3 is 0 Å². The molecule has 0 saturated carbocycles. The van der Waals surface area contributed by atoms with Crippen LogP contribution in [0.1, 0.15) is 44.4 Å². The topological polar surface area (TPSA) is 70.0 Å². The van der Waals surface area contributed by atoms with Crippen LogP contribution in [0.2, 0.25) is 0 Å². The average Bonchev–Trinajstić information content (AvgIpc) is 3.05. The summed E-state index contributed by atoms with van der Waals surface area (Å²) in [7, 11) is -3.87. The summed E-state index contributed by atoms with van der Waals surface area (Å²) in [6, 6.07) is 16.0. The van der Waals surface area contributed by atoms with Gasteiger partial charge in [0, 0.05) is 18.0 Å². The summed E-state index contributed by atoms with van der Waals surface area (Å²) in [4.78, 5) is 2.16. The Bertz CT molecular complexity index is 946. The van der Waals surface area contributed by atoms with Crippen LogP contribution in [0.5, 0.6) is 0 Å². The second kappa shape index (κ2) is 7.68. The van der Waals surface area contributed by atoms with Crippen molar-refractivity contribution >= 4 is 15.9 Å². The number of aliphatic hydroxyl groups is 1. The Labute approximate surface area is 167 Å². The number of benzene rings is 2. The maximum Gasteiger partial charge on any atom is 0.283 e. The van der Waals surface area contributed by atoms with Crippen molar-refractivity contribution in [1.82, 2.24) is 4.90 Å². The van der Waals surface area contributed by atoms with Crippen LogP contribution in [0.25, 0.3) is 0 Å². The fraction of sp³-hybridized carbons (Fsp3) is 0.409. The minimum absolute atomic E-state index is 0.166. The highest BCUT2D eigenvalue weighted by molar-refractivity contribution is 7.90. The molecule has 0 unspecified atom stereocenters.